The van der Waals surface area contributed by atoms with Crippen molar-refractivity contribution in [3.05, 3.63) is 63.8 Å². The van der Waals surface area contributed by atoms with E-state index in [-0.39, 0.29) is 5.82 Å². The first-order valence-corrected chi connectivity index (χ1v) is 9.26. The average Bonchev–Trinajstić information content (AvgIpc) is 3.05. The van der Waals surface area contributed by atoms with Gasteiger partial charge in [0.15, 0.2) is 0 Å². The zero-order valence-corrected chi connectivity index (χ0v) is 15.7. The Bertz CT molecular complexity index is 1200. The maximum Gasteiger partial charge on any atom is 0.128 e. The van der Waals surface area contributed by atoms with Crippen LogP contribution in [0.1, 0.15) is 5.56 Å². The van der Waals surface area contributed by atoms with Crippen molar-refractivity contribution >= 4 is 51.2 Å². The molecular formula is C19H11ClN4S2. The van der Waals surface area contributed by atoms with Crippen LogP contribution in [0.15, 0.2) is 48.5 Å². The van der Waals surface area contributed by atoms with E-state index in [2.05, 4.69) is 11.1 Å². The van der Waals surface area contributed by atoms with Gasteiger partial charge in [-0.05, 0) is 29.8 Å². The second-order valence-corrected chi connectivity index (χ2v) is 7.47. The number of thiazole rings is 1. The third-order valence-electron chi connectivity index (χ3n) is 4.00. The summed E-state index contributed by atoms with van der Waals surface area (Å²) in [5.41, 5.74) is 9.45. The maximum atomic E-state index is 9.69. The second-order valence-electron chi connectivity index (χ2n) is 5.60. The number of hydrogen-bond acceptors (Lipinski definition) is 5. The summed E-state index contributed by atoms with van der Waals surface area (Å²) < 4.78 is 1.50. The molecule has 0 atom stereocenters. The van der Waals surface area contributed by atoms with E-state index in [4.69, 9.17) is 34.5 Å². The van der Waals surface area contributed by atoms with E-state index in [0.717, 1.165) is 20.8 Å². The molecule has 0 spiro atoms. The zero-order chi connectivity index (χ0) is 18.3. The Morgan fingerprint density at radius 1 is 1.12 bits per heavy atom. The summed E-state index contributed by atoms with van der Waals surface area (Å²) in [5, 5.41) is 11.0. The van der Waals surface area contributed by atoms with E-state index in [1.54, 1.807) is 12.1 Å². The summed E-state index contributed by atoms with van der Waals surface area (Å²) >= 11 is 13.1. The van der Waals surface area contributed by atoms with Crippen molar-refractivity contribution < 1.29 is 0 Å². The van der Waals surface area contributed by atoms with Crippen molar-refractivity contribution in [2.24, 2.45) is 0 Å². The summed E-state index contributed by atoms with van der Waals surface area (Å²) in [6.07, 6.45) is 0. The lowest BCUT2D eigenvalue weighted by molar-refractivity contribution is 1.28. The van der Waals surface area contributed by atoms with Crippen LogP contribution in [0.25, 0.3) is 31.9 Å². The fourth-order valence-electron chi connectivity index (χ4n) is 2.83. The third kappa shape index (κ3) is 2.76. The molecule has 2 aromatic heterocycles. The van der Waals surface area contributed by atoms with Crippen LogP contribution in [0.2, 0.25) is 5.02 Å². The van der Waals surface area contributed by atoms with Crippen LogP contribution in [0, 0.1) is 16.0 Å². The molecule has 7 heteroatoms. The van der Waals surface area contributed by atoms with Crippen LogP contribution in [0.5, 0.6) is 0 Å². The Morgan fingerprint density at radius 2 is 1.85 bits per heavy atom. The van der Waals surface area contributed by atoms with Gasteiger partial charge in [0.2, 0.25) is 0 Å². The minimum atomic E-state index is 0.243. The molecule has 0 saturated heterocycles. The van der Waals surface area contributed by atoms with Gasteiger partial charge in [-0.1, -0.05) is 48.1 Å². The topological polar surface area (TPSA) is 78.5 Å². The number of nitrogens with one attached hydrogen (secondary N) is 1. The summed E-state index contributed by atoms with van der Waals surface area (Å²) in [6.45, 7) is 0. The Hall–Kier alpha value is -2.72. The highest BCUT2D eigenvalue weighted by Gasteiger charge is 2.20. The Morgan fingerprint density at radius 3 is 2.54 bits per heavy atom. The lowest BCUT2D eigenvalue weighted by Crippen LogP contribution is -2.01. The molecule has 2 aromatic carbocycles. The molecule has 4 nitrogen and oxygen atoms in total. The number of anilines is 1. The summed E-state index contributed by atoms with van der Waals surface area (Å²) in [6, 6.07) is 17.3. The minimum absolute atomic E-state index is 0.243. The summed E-state index contributed by atoms with van der Waals surface area (Å²) in [4.78, 5) is 7.64. The third-order valence-corrected chi connectivity index (χ3v) is 5.61. The monoisotopic (exact) mass is 394 g/mol. The van der Waals surface area contributed by atoms with Gasteiger partial charge < -0.3 is 10.7 Å². The average molecular weight is 395 g/mol. The molecule has 2 heterocycles. The molecule has 3 N–H and O–H groups in total. The zero-order valence-electron chi connectivity index (χ0n) is 13.3. The number of benzene rings is 2. The van der Waals surface area contributed by atoms with Crippen LogP contribution in [0.4, 0.5) is 5.82 Å². The Labute approximate surface area is 163 Å². The maximum absolute atomic E-state index is 9.69. The number of H-pyrrole nitrogens is 1. The largest absolute Gasteiger partial charge is 0.384 e. The molecule has 0 saturated carbocycles. The Kier molecular flexibility index (Phi) is 4.21. The van der Waals surface area contributed by atoms with E-state index in [1.165, 1.54) is 11.3 Å². The van der Waals surface area contributed by atoms with Crippen molar-refractivity contribution in [3.8, 4) is 27.8 Å². The minimum Gasteiger partial charge on any atom is -0.384 e. The molecule has 0 amide bonds. The quantitative estimate of drug-likeness (QED) is 0.421. The number of pyridine rings is 1. The van der Waals surface area contributed by atoms with Gasteiger partial charge in [-0.2, -0.15) is 5.26 Å². The van der Waals surface area contributed by atoms with E-state index in [0.29, 0.717) is 26.4 Å². The lowest BCUT2D eigenvalue weighted by atomic mass is 9.96. The van der Waals surface area contributed by atoms with Crippen LogP contribution in [-0.4, -0.2) is 9.97 Å². The fourth-order valence-corrected chi connectivity index (χ4v) is 4.35. The van der Waals surface area contributed by atoms with E-state index < -0.39 is 0 Å². The molecule has 0 aliphatic rings. The van der Waals surface area contributed by atoms with Crippen molar-refractivity contribution in [2.75, 3.05) is 5.73 Å². The van der Waals surface area contributed by atoms with Crippen LogP contribution < -0.4 is 5.73 Å². The van der Waals surface area contributed by atoms with Crippen molar-refractivity contribution in [2.45, 2.75) is 0 Å². The molecule has 4 aromatic rings. The van der Waals surface area contributed by atoms with Gasteiger partial charge in [0.05, 0.1) is 15.8 Å². The Balaban J connectivity index is 2.10. The first-order valence-electron chi connectivity index (χ1n) is 7.66. The van der Waals surface area contributed by atoms with Gasteiger partial charge in [0.25, 0.3) is 0 Å². The van der Waals surface area contributed by atoms with Crippen LogP contribution >= 0.6 is 35.2 Å². The molecule has 126 valence electrons. The summed E-state index contributed by atoms with van der Waals surface area (Å²) in [5.74, 6) is 0.243. The molecule has 0 bridgehead atoms. The molecule has 0 fully saturated rings. The highest BCUT2D eigenvalue weighted by Crippen LogP contribution is 2.40. The number of fused-ring (bicyclic) bond motifs is 1. The first-order chi connectivity index (χ1) is 12.6. The fraction of sp³-hybridized carbons (Fsp3) is 0. The van der Waals surface area contributed by atoms with Gasteiger partial charge >= 0.3 is 0 Å². The van der Waals surface area contributed by atoms with Crippen molar-refractivity contribution in [3.63, 3.8) is 0 Å². The number of aromatic amines is 1. The van der Waals surface area contributed by atoms with E-state index >= 15 is 0 Å². The van der Waals surface area contributed by atoms with Gasteiger partial charge in [-0.15, -0.1) is 11.3 Å². The van der Waals surface area contributed by atoms with Crippen LogP contribution in [0.3, 0.4) is 0 Å². The molecule has 4 rings (SSSR count). The molecule has 0 unspecified atom stereocenters. The lowest BCUT2D eigenvalue weighted by Gasteiger charge is -2.12. The number of nitrogens with two attached hydrogens (primary N) is 1. The molecule has 0 radical (unpaired) electrons. The van der Waals surface area contributed by atoms with Gasteiger partial charge in [0, 0.05) is 10.6 Å². The normalized spacial score (nSPS) is 10.8. The van der Waals surface area contributed by atoms with Crippen molar-refractivity contribution in [1.82, 2.24) is 9.97 Å². The number of halogens is 1. The molecule has 0 aliphatic carbocycles. The second kappa shape index (κ2) is 6.54. The standard InChI is InChI=1S/C19H11ClN4S2/c20-11-7-5-10(6-8-11)15-12(9-21)17(22)24-18(25)16(15)19-23-13-3-1-2-4-14(13)26-19/h1-8H,(H3,22,24,25). The van der Waals surface area contributed by atoms with Gasteiger partial charge in [-0.25, -0.2) is 4.98 Å². The van der Waals surface area contributed by atoms with E-state index in [9.17, 15) is 5.26 Å². The van der Waals surface area contributed by atoms with E-state index in [1.807, 2.05) is 36.4 Å². The number of aromatic nitrogens is 2. The number of hydrogen-bond donors (Lipinski definition) is 2. The predicted octanol–water partition coefficient (Wildman–Crippen LogP) is 5.80. The summed E-state index contributed by atoms with van der Waals surface area (Å²) in [7, 11) is 0. The van der Waals surface area contributed by atoms with Crippen molar-refractivity contribution in [1.29, 1.82) is 5.26 Å². The smallest absolute Gasteiger partial charge is 0.128 e. The molecule has 26 heavy (non-hydrogen) atoms. The van der Waals surface area contributed by atoms with Gasteiger partial charge in [-0.3, -0.25) is 0 Å². The highest BCUT2D eigenvalue weighted by atomic mass is 35.5. The highest BCUT2D eigenvalue weighted by molar-refractivity contribution is 7.71. The predicted molar refractivity (Wildman–Crippen MR) is 110 cm³/mol. The SMILES string of the molecule is N#Cc1c(N)[nH]c(=S)c(-c2nc3ccccc3s2)c1-c1ccc(Cl)cc1. The number of nitrogens with zero attached hydrogens (tertiary/aromatic N) is 2. The number of rotatable bonds is 2. The number of nitrogen functional groups attached to an aromatic ring is 1. The number of para-hydroxylation sites is 1. The van der Waals surface area contributed by atoms with Gasteiger partial charge in [0.1, 0.15) is 27.1 Å². The molecular weight excluding hydrogens is 384 g/mol. The number of nitriles is 1. The molecule has 0 aliphatic heterocycles. The van der Waals surface area contributed by atoms with Crippen LogP contribution in [-0.2, 0) is 0 Å². The first kappa shape index (κ1) is 16.7.